The van der Waals surface area contributed by atoms with E-state index in [0.717, 1.165) is 4.90 Å². The molecule has 0 spiro atoms. The van der Waals surface area contributed by atoms with E-state index in [0.29, 0.717) is 6.42 Å². The van der Waals surface area contributed by atoms with Crippen LogP contribution in [0, 0.1) is 5.82 Å². The highest BCUT2D eigenvalue weighted by atomic mass is 79.9. The van der Waals surface area contributed by atoms with Crippen molar-refractivity contribution in [2.75, 3.05) is 13.1 Å². The molecule has 0 saturated heterocycles. The highest BCUT2D eigenvalue weighted by Crippen LogP contribution is 2.20. The summed E-state index contributed by atoms with van der Waals surface area (Å²) in [5.41, 5.74) is -0.126. The summed E-state index contributed by atoms with van der Waals surface area (Å²) in [6, 6.07) is 4.35. The molecule has 1 rings (SSSR count). The van der Waals surface area contributed by atoms with Crippen LogP contribution in [0.5, 0.6) is 0 Å². The Morgan fingerprint density at radius 3 is 2.67 bits per heavy atom. The maximum atomic E-state index is 13.7. The predicted molar refractivity (Wildman–Crippen MR) is 67.9 cm³/mol. The highest BCUT2D eigenvalue weighted by Gasteiger charge is 2.21. The Balaban J connectivity index is 3.01. The molecule has 0 radical (unpaired) electrons. The molecule has 0 aliphatic heterocycles. The second-order valence-corrected chi connectivity index (χ2v) is 4.58. The minimum absolute atomic E-state index is 0.126. The summed E-state index contributed by atoms with van der Waals surface area (Å²) >= 11 is 2.99. The lowest BCUT2D eigenvalue weighted by atomic mass is 10.2. The van der Waals surface area contributed by atoms with Gasteiger partial charge in [-0.25, -0.2) is 4.39 Å². The van der Waals surface area contributed by atoms with E-state index in [1.807, 2.05) is 6.92 Å². The zero-order valence-electron chi connectivity index (χ0n) is 9.82. The molecule has 0 heterocycles. The van der Waals surface area contributed by atoms with Crippen molar-refractivity contribution in [1.29, 1.82) is 0 Å². The Labute approximate surface area is 113 Å². The Kier molecular flexibility index (Phi) is 5.27. The summed E-state index contributed by atoms with van der Waals surface area (Å²) in [7, 11) is 0. The van der Waals surface area contributed by atoms with Crippen molar-refractivity contribution in [2.45, 2.75) is 13.3 Å². The molecule has 0 aromatic heterocycles. The molecule has 0 saturated carbocycles. The van der Waals surface area contributed by atoms with Gasteiger partial charge in [0, 0.05) is 6.54 Å². The van der Waals surface area contributed by atoms with E-state index in [2.05, 4.69) is 15.9 Å². The van der Waals surface area contributed by atoms with Gasteiger partial charge in [0.05, 0.1) is 10.0 Å². The van der Waals surface area contributed by atoms with Gasteiger partial charge in [-0.1, -0.05) is 13.0 Å². The van der Waals surface area contributed by atoms with Crippen LogP contribution in [0.25, 0.3) is 0 Å². The molecular formula is C12H13BrFNO3. The maximum absolute atomic E-state index is 13.7. The number of carboxylic acids is 1. The quantitative estimate of drug-likeness (QED) is 0.907. The number of carboxylic acid groups (broad SMARTS) is 1. The van der Waals surface area contributed by atoms with Crippen LogP contribution in [0.1, 0.15) is 23.7 Å². The average Bonchev–Trinajstić information content (AvgIpc) is 2.31. The molecule has 4 nitrogen and oxygen atoms in total. The summed E-state index contributed by atoms with van der Waals surface area (Å²) in [5.74, 6) is -2.40. The van der Waals surface area contributed by atoms with Crippen molar-refractivity contribution in [3.63, 3.8) is 0 Å². The van der Waals surface area contributed by atoms with Crippen LogP contribution >= 0.6 is 15.9 Å². The van der Waals surface area contributed by atoms with Crippen LogP contribution in [0.15, 0.2) is 22.7 Å². The number of halogens is 2. The fraction of sp³-hybridized carbons (Fsp3) is 0.333. The first-order chi connectivity index (χ1) is 8.47. The standard InChI is InChI=1S/C12H13BrFNO3/c1-2-6-15(7-10(16)17)12(18)8-4-3-5-9(13)11(8)14/h3-5H,2,6-7H2,1H3,(H,16,17). The number of carbonyl (C=O) groups excluding carboxylic acids is 1. The third-order valence-corrected chi connectivity index (χ3v) is 2.90. The van der Waals surface area contributed by atoms with Crippen LogP contribution in [0.2, 0.25) is 0 Å². The van der Waals surface area contributed by atoms with Crippen molar-refractivity contribution < 1.29 is 19.1 Å². The SMILES string of the molecule is CCCN(CC(=O)O)C(=O)c1cccc(Br)c1F. The number of carbonyl (C=O) groups is 2. The fourth-order valence-electron chi connectivity index (χ4n) is 1.52. The van der Waals surface area contributed by atoms with Crippen molar-refractivity contribution in [3.8, 4) is 0 Å². The molecule has 0 atom stereocenters. The number of hydrogen-bond acceptors (Lipinski definition) is 2. The van der Waals surface area contributed by atoms with E-state index in [4.69, 9.17) is 5.11 Å². The third kappa shape index (κ3) is 3.53. The van der Waals surface area contributed by atoms with Crippen LogP contribution in [-0.4, -0.2) is 35.0 Å². The largest absolute Gasteiger partial charge is 0.480 e. The van der Waals surface area contributed by atoms with Crippen molar-refractivity contribution >= 4 is 27.8 Å². The zero-order valence-corrected chi connectivity index (χ0v) is 11.4. The molecule has 1 aromatic carbocycles. The Hall–Kier alpha value is -1.43. The molecule has 0 fully saturated rings. The monoisotopic (exact) mass is 317 g/mol. The lowest BCUT2D eigenvalue weighted by Crippen LogP contribution is -2.36. The topological polar surface area (TPSA) is 57.6 Å². The third-order valence-electron chi connectivity index (χ3n) is 2.29. The van der Waals surface area contributed by atoms with Crippen molar-refractivity contribution in [2.24, 2.45) is 0 Å². The van der Waals surface area contributed by atoms with Gasteiger partial charge in [-0.05, 0) is 34.5 Å². The lowest BCUT2D eigenvalue weighted by molar-refractivity contribution is -0.137. The highest BCUT2D eigenvalue weighted by molar-refractivity contribution is 9.10. The number of amides is 1. The second-order valence-electron chi connectivity index (χ2n) is 3.72. The van der Waals surface area contributed by atoms with Crippen LogP contribution in [-0.2, 0) is 4.79 Å². The van der Waals surface area contributed by atoms with Gasteiger partial charge >= 0.3 is 5.97 Å². The summed E-state index contributed by atoms with van der Waals surface area (Å²) in [5, 5.41) is 8.73. The Morgan fingerprint density at radius 1 is 1.44 bits per heavy atom. The second kappa shape index (κ2) is 6.49. The number of hydrogen-bond donors (Lipinski definition) is 1. The summed E-state index contributed by atoms with van der Waals surface area (Å²) < 4.78 is 13.9. The average molecular weight is 318 g/mol. The van der Waals surface area contributed by atoms with Gasteiger partial charge in [0.1, 0.15) is 12.4 Å². The molecule has 0 bridgehead atoms. The number of benzene rings is 1. The first-order valence-electron chi connectivity index (χ1n) is 5.42. The maximum Gasteiger partial charge on any atom is 0.323 e. The number of aliphatic carboxylic acids is 1. The van der Waals surface area contributed by atoms with Crippen molar-refractivity contribution in [1.82, 2.24) is 4.90 Å². The fourth-order valence-corrected chi connectivity index (χ4v) is 1.89. The minimum atomic E-state index is -1.12. The normalized spacial score (nSPS) is 10.2. The zero-order chi connectivity index (χ0) is 13.7. The molecular weight excluding hydrogens is 305 g/mol. The molecule has 0 unspecified atom stereocenters. The number of rotatable bonds is 5. The van der Waals surface area contributed by atoms with Gasteiger partial charge in [-0.2, -0.15) is 0 Å². The summed E-state index contributed by atoms with van der Waals surface area (Å²) in [6.45, 7) is 1.66. The van der Waals surface area contributed by atoms with Gasteiger partial charge in [0.15, 0.2) is 0 Å². The summed E-state index contributed by atoms with van der Waals surface area (Å²) in [4.78, 5) is 23.8. The first kappa shape index (κ1) is 14.6. The smallest absolute Gasteiger partial charge is 0.323 e. The van der Waals surface area contributed by atoms with Crippen LogP contribution < -0.4 is 0 Å². The Bertz CT molecular complexity index is 465. The van der Waals surface area contributed by atoms with E-state index in [-0.39, 0.29) is 16.6 Å². The van der Waals surface area contributed by atoms with Crippen LogP contribution in [0.3, 0.4) is 0 Å². The molecule has 6 heteroatoms. The minimum Gasteiger partial charge on any atom is -0.480 e. The Morgan fingerprint density at radius 2 is 2.11 bits per heavy atom. The predicted octanol–water partition coefficient (Wildman–Crippen LogP) is 2.53. The van der Waals surface area contributed by atoms with Crippen LogP contribution in [0.4, 0.5) is 4.39 Å². The van der Waals surface area contributed by atoms with Gasteiger partial charge in [0.2, 0.25) is 0 Å². The van der Waals surface area contributed by atoms with E-state index < -0.39 is 24.2 Å². The molecule has 0 aliphatic carbocycles. The molecule has 1 N–H and O–H groups in total. The van der Waals surface area contributed by atoms with E-state index in [1.165, 1.54) is 18.2 Å². The van der Waals surface area contributed by atoms with E-state index in [9.17, 15) is 14.0 Å². The van der Waals surface area contributed by atoms with Gasteiger partial charge in [-0.15, -0.1) is 0 Å². The first-order valence-corrected chi connectivity index (χ1v) is 6.21. The van der Waals surface area contributed by atoms with Crippen molar-refractivity contribution in [3.05, 3.63) is 34.1 Å². The van der Waals surface area contributed by atoms with Gasteiger partial charge in [-0.3, -0.25) is 9.59 Å². The number of nitrogens with zero attached hydrogens (tertiary/aromatic N) is 1. The van der Waals surface area contributed by atoms with E-state index >= 15 is 0 Å². The van der Waals surface area contributed by atoms with Gasteiger partial charge in [0.25, 0.3) is 5.91 Å². The molecule has 0 aliphatic rings. The van der Waals surface area contributed by atoms with E-state index in [1.54, 1.807) is 0 Å². The molecule has 1 aromatic rings. The summed E-state index contributed by atoms with van der Waals surface area (Å²) in [6.07, 6.45) is 0.606. The molecule has 98 valence electrons. The van der Waals surface area contributed by atoms with Gasteiger partial charge < -0.3 is 10.0 Å². The lowest BCUT2D eigenvalue weighted by Gasteiger charge is -2.20. The molecule has 1 amide bonds. The molecule has 18 heavy (non-hydrogen) atoms.